The van der Waals surface area contributed by atoms with Gasteiger partial charge in [0.2, 0.25) is 11.7 Å². The molecular weight excluding hydrogens is 485 g/mol. The number of hydrogen-bond donors (Lipinski definition) is 2. The number of carbonyl (C=O) groups excluding carboxylic acids is 1. The first-order chi connectivity index (χ1) is 15.7. The van der Waals surface area contributed by atoms with Crippen LogP contribution in [0.1, 0.15) is 6.42 Å². The largest absolute Gasteiger partial charge is 0.491 e. The topological polar surface area (TPSA) is 91.7 Å². The predicted octanol–water partition coefficient (Wildman–Crippen LogP) is 4.17. The first-order valence-electron chi connectivity index (χ1n) is 9.79. The van der Waals surface area contributed by atoms with E-state index in [1.54, 1.807) is 0 Å². The van der Waals surface area contributed by atoms with E-state index >= 15 is 0 Å². The number of hydrogen-bond acceptors (Lipinski definition) is 6. The van der Waals surface area contributed by atoms with Gasteiger partial charge in [-0.2, -0.15) is 17.6 Å². The maximum Gasteiger partial charge on any atom is 0.419 e. The molecule has 0 saturated carbocycles. The van der Waals surface area contributed by atoms with Crippen molar-refractivity contribution in [3.8, 4) is 5.75 Å². The minimum Gasteiger partial charge on any atom is -0.491 e. The van der Waals surface area contributed by atoms with Crippen LogP contribution < -0.4 is 15.0 Å². The molecule has 0 radical (unpaired) electrons. The van der Waals surface area contributed by atoms with Crippen LogP contribution in [0.15, 0.2) is 41.3 Å². The van der Waals surface area contributed by atoms with Crippen molar-refractivity contribution in [3.05, 3.63) is 48.0 Å². The van der Waals surface area contributed by atoms with Gasteiger partial charge in [0, 0.05) is 30.4 Å². The number of benzene rings is 2. The molecule has 13 heteroatoms. The summed E-state index contributed by atoms with van der Waals surface area (Å²) in [5, 5.41) is 2.45. The molecule has 2 unspecified atom stereocenters. The normalized spacial score (nSPS) is 22.4. The Morgan fingerprint density at radius 2 is 1.91 bits per heavy atom. The van der Waals surface area contributed by atoms with Crippen molar-refractivity contribution in [1.29, 1.82) is 4.78 Å². The van der Waals surface area contributed by atoms with Gasteiger partial charge in [-0.1, -0.05) is 6.07 Å². The second-order valence-corrected chi connectivity index (χ2v) is 9.98. The van der Waals surface area contributed by atoms with Gasteiger partial charge in [0.25, 0.3) is 0 Å². The van der Waals surface area contributed by atoms with Crippen LogP contribution in [-0.4, -0.2) is 55.0 Å². The van der Waals surface area contributed by atoms with Crippen LogP contribution in [0, 0.1) is 16.4 Å². The summed E-state index contributed by atoms with van der Waals surface area (Å²) in [6.07, 6.45) is -4.55. The number of alkyl halides is 3. The van der Waals surface area contributed by atoms with E-state index in [9.17, 15) is 31.0 Å². The van der Waals surface area contributed by atoms with Crippen LogP contribution in [0.3, 0.4) is 0 Å². The second-order valence-electron chi connectivity index (χ2n) is 7.82. The Kier molecular flexibility index (Phi) is 6.82. The lowest BCUT2D eigenvalue weighted by atomic mass is 9.99. The number of nitrogens with one attached hydrogen (secondary N) is 2. The molecule has 2 aromatic rings. The van der Waals surface area contributed by atoms with Crippen LogP contribution in [0.25, 0.3) is 0 Å². The number of rotatable bonds is 6. The lowest BCUT2D eigenvalue weighted by molar-refractivity contribution is -0.261. The quantitative estimate of drug-likeness (QED) is 0.573. The van der Waals surface area contributed by atoms with Crippen molar-refractivity contribution >= 4 is 27.0 Å². The van der Waals surface area contributed by atoms with Crippen LogP contribution in [-0.2, 0) is 19.3 Å². The molecule has 0 aliphatic carbocycles. The number of carbonyl (C=O) groups is 1. The van der Waals surface area contributed by atoms with Gasteiger partial charge in [-0.25, -0.2) is 13.4 Å². The zero-order valence-corrected chi connectivity index (χ0v) is 19.2. The fourth-order valence-corrected chi connectivity index (χ4v) is 4.50. The van der Waals surface area contributed by atoms with E-state index in [0.717, 1.165) is 31.3 Å². The van der Waals surface area contributed by atoms with E-state index in [1.807, 2.05) is 0 Å². The number of amides is 1. The standard InChI is InChI=1S/C21H22F5N3O4S/c1-32-18-15(8-7-14(22)17(18)23)29-11-20(33-2,21(24,25)26)10-16(29)19(30)28-12-5-4-6-13(9-12)34(3,27)31/h4-9,16,27H,10-11H2,1-3H3,(H,28,30)/t16?,20?,34-/m1/s1. The monoisotopic (exact) mass is 507 g/mol. The Morgan fingerprint density at radius 1 is 1.24 bits per heavy atom. The number of nitrogens with zero attached hydrogens (tertiary/aromatic N) is 1. The Labute approximate surface area is 192 Å². The molecule has 7 nitrogen and oxygen atoms in total. The van der Waals surface area contributed by atoms with Gasteiger partial charge < -0.3 is 19.7 Å². The summed E-state index contributed by atoms with van der Waals surface area (Å²) in [7, 11) is -1.24. The molecule has 186 valence electrons. The highest BCUT2D eigenvalue weighted by Gasteiger charge is 2.63. The number of methoxy groups -OCH3 is 2. The van der Waals surface area contributed by atoms with Crippen molar-refractivity contribution < 1.29 is 40.4 Å². The minimum absolute atomic E-state index is 0.100. The highest BCUT2D eigenvalue weighted by atomic mass is 32.2. The van der Waals surface area contributed by atoms with Crippen molar-refractivity contribution in [2.24, 2.45) is 0 Å². The molecule has 1 aliphatic rings. The molecular formula is C21H22F5N3O4S. The van der Waals surface area contributed by atoms with Gasteiger partial charge in [-0.05, 0) is 30.3 Å². The summed E-state index contributed by atoms with van der Waals surface area (Å²) in [6, 6.07) is 5.76. The summed E-state index contributed by atoms with van der Waals surface area (Å²) in [6.45, 7) is -0.887. The van der Waals surface area contributed by atoms with Crippen LogP contribution in [0.2, 0.25) is 0 Å². The molecule has 1 saturated heterocycles. The van der Waals surface area contributed by atoms with Gasteiger partial charge in [0.1, 0.15) is 6.04 Å². The highest BCUT2D eigenvalue weighted by Crippen LogP contribution is 2.47. The fourth-order valence-electron chi connectivity index (χ4n) is 3.81. The third-order valence-electron chi connectivity index (χ3n) is 5.63. The van der Waals surface area contributed by atoms with E-state index in [-0.39, 0.29) is 16.3 Å². The van der Waals surface area contributed by atoms with Crippen molar-refractivity contribution in [2.45, 2.75) is 29.1 Å². The van der Waals surface area contributed by atoms with E-state index < -0.39 is 63.8 Å². The van der Waals surface area contributed by atoms with Crippen molar-refractivity contribution in [3.63, 3.8) is 0 Å². The average molecular weight is 507 g/mol. The minimum atomic E-state index is -4.89. The summed E-state index contributed by atoms with van der Waals surface area (Å²) in [5.41, 5.74) is -2.93. The van der Waals surface area contributed by atoms with E-state index in [2.05, 4.69) is 5.32 Å². The van der Waals surface area contributed by atoms with Gasteiger partial charge in [-0.3, -0.25) is 4.79 Å². The molecule has 1 heterocycles. The fraction of sp³-hybridized carbons (Fsp3) is 0.381. The zero-order chi connectivity index (χ0) is 25.5. The number of halogens is 5. The molecule has 2 N–H and O–H groups in total. The maximum atomic E-state index is 14.3. The molecule has 0 aromatic heterocycles. The van der Waals surface area contributed by atoms with Gasteiger partial charge >= 0.3 is 6.18 Å². The third kappa shape index (κ3) is 4.67. The summed E-state index contributed by atoms with van der Waals surface area (Å²) < 4.78 is 99.4. The Hall–Kier alpha value is -2.93. The van der Waals surface area contributed by atoms with E-state index in [4.69, 9.17) is 14.3 Å². The number of anilines is 2. The van der Waals surface area contributed by atoms with Gasteiger partial charge in [0.15, 0.2) is 17.2 Å². The first-order valence-corrected chi connectivity index (χ1v) is 11.8. The summed E-state index contributed by atoms with van der Waals surface area (Å²) in [5.74, 6) is -4.25. The van der Waals surface area contributed by atoms with E-state index in [0.29, 0.717) is 0 Å². The smallest absolute Gasteiger partial charge is 0.419 e. The van der Waals surface area contributed by atoms with E-state index in [1.165, 1.54) is 30.5 Å². The van der Waals surface area contributed by atoms with Gasteiger partial charge in [0.05, 0.1) is 29.1 Å². The lowest BCUT2D eigenvalue weighted by Gasteiger charge is -2.31. The van der Waals surface area contributed by atoms with Crippen LogP contribution in [0.5, 0.6) is 5.75 Å². The summed E-state index contributed by atoms with van der Waals surface area (Å²) >= 11 is 0. The van der Waals surface area contributed by atoms with Crippen molar-refractivity contribution in [2.75, 3.05) is 37.2 Å². The molecule has 34 heavy (non-hydrogen) atoms. The SMILES string of the molecule is COc1c(N2CC(OC)(C(F)(F)F)CC2C(=O)Nc2cccc([S@](C)(=N)=O)c2)ccc(F)c1F. The number of ether oxygens (including phenoxy) is 2. The molecule has 0 bridgehead atoms. The zero-order valence-electron chi connectivity index (χ0n) is 18.3. The molecule has 3 rings (SSSR count). The molecule has 3 atom stereocenters. The van der Waals surface area contributed by atoms with Crippen LogP contribution in [0.4, 0.5) is 33.3 Å². The first kappa shape index (κ1) is 25.7. The van der Waals surface area contributed by atoms with Crippen molar-refractivity contribution in [1.82, 2.24) is 0 Å². The Bertz CT molecular complexity index is 1210. The molecule has 1 aliphatic heterocycles. The molecule has 2 aromatic carbocycles. The predicted molar refractivity (Wildman–Crippen MR) is 115 cm³/mol. The molecule has 1 fully saturated rings. The molecule has 1 amide bonds. The average Bonchev–Trinajstić information content (AvgIpc) is 3.16. The molecule has 0 spiro atoms. The Morgan fingerprint density at radius 3 is 2.47 bits per heavy atom. The van der Waals surface area contributed by atoms with Gasteiger partial charge in [-0.15, -0.1) is 0 Å². The summed E-state index contributed by atoms with van der Waals surface area (Å²) in [4.78, 5) is 14.2. The highest BCUT2D eigenvalue weighted by molar-refractivity contribution is 7.91. The maximum absolute atomic E-state index is 14.3. The second kappa shape index (κ2) is 9.02. The Balaban J connectivity index is 2.06. The lowest BCUT2D eigenvalue weighted by Crippen LogP contribution is -2.49. The van der Waals surface area contributed by atoms with Crippen LogP contribution >= 0.6 is 0 Å². The third-order valence-corrected chi connectivity index (χ3v) is 6.78.